The number of amidine groups is 2. The van der Waals surface area contributed by atoms with Crippen molar-refractivity contribution in [3.63, 3.8) is 0 Å². The SMILES string of the molecule is C=C1C=C(c2cccc(-c3ccccc3)c2)N(c2ccc(C3=NC(c4ccccc4)=NC(c4ccccc4)N3)cc2)c2nc(-c3ccccc3)nc(N(c3cccc(C)c3)c3cccc(C)c3)c21. The molecule has 0 bridgehead atoms. The predicted octanol–water partition coefficient (Wildman–Crippen LogP) is 14.6. The molecule has 2 aliphatic heterocycles. The van der Waals surface area contributed by atoms with E-state index in [1.54, 1.807) is 0 Å². The quantitative estimate of drug-likeness (QED) is 0.148. The summed E-state index contributed by atoms with van der Waals surface area (Å²) in [6, 6.07) is 75.6. The summed E-state index contributed by atoms with van der Waals surface area (Å²) in [7, 11) is 0. The van der Waals surface area contributed by atoms with E-state index < -0.39 is 0 Å². The number of nitrogens with zero attached hydrogens (tertiary/aromatic N) is 6. The Morgan fingerprint density at radius 1 is 0.515 bits per heavy atom. The van der Waals surface area contributed by atoms with Gasteiger partial charge in [0.15, 0.2) is 23.3 Å². The summed E-state index contributed by atoms with van der Waals surface area (Å²) in [4.78, 5) is 25.8. The van der Waals surface area contributed by atoms with Gasteiger partial charge in [-0.2, -0.15) is 0 Å². The lowest BCUT2D eigenvalue weighted by molar-refractivity contribution is 0.674. The fourth-order valence-electron chi connectivity index (χ4n) is 8.96. The highest BCUT2D eigenvalue weighted by Crippen LogP contribution is 2.49. The van der Waals surface area contributed by atoms with Gasteiger partial charge in [-0.05, 0) is 113 Å². The van der Waals surface area contributed by atoms with E-state index in [4.69, 9.17) is 26.5 Å². The molecule has 3 heterocycles. The standard InChI is InChI=1S/C61H47N7/c1-41-19-16-31-52(37-41)67(53-32-17-20-42(2)38-53)60-55-43(3)39-54(50-30-18-29-49(40-50)44-21-8-4-9-22-44)68(61(55)66-59(65-60)47-27-14-7-15-28-47)51-35-33-48(34-36-51)58-63-56(45-23-10-5-11-24-45)62-57(64-58)46-25-12-6-13-26-46/h4-40,56H,3H2,1-2H3,(H,62,63,64). The van der Waals surface area contributed by atoms with Crippen molar-refractivity contribution in [3.05, 3.63) is 270 Å². The number of aromatic nitrogens is 2. The topological polar surface area (TPSA) is 69.0 Å². The van der Waals surface area contributed by atoms with Gasteiger partial charge >= 0.3 is 0 Å². The van der Waals surface area contributed by atoms with Crippen molar-refractivity contribution < 1.29 is 0 Å². The van der Waals surface area contributed by atoms with Crippen LogP contribution in [0.1, 0.15) is 45.1 Å². The Kier molecular flexibility index (Phi) is 11.1. The van der Waals surface area contributed by atoms with Crippen molar-refractivity contribution in [2.24, 2.45) is 9.98 Å². The molecule has 0 amide bonds. The van der Waals surface area contributed by atoms with Gasteiger partial charge in [-0.3, -0.25) is 9.80 Å². The number of anilines is 5. The average Bonchev–Trinajstić information content (AvgIpc) is 3.39. The van der Waals surface area contributed by atoms with Gasteiger partial charge in [0.1, 0.15) is 12.0 Å². The van der Waals surface area contributed by atoms with Gasteiger partial charge in [0.05, 0.1) is 11.3 Å². The minimum atomic E-state index is -0.318. The van der Waals surface area contributed by atoms with Gasteiger partial charge in [-0.1, -0.05) is 170 Å². The maximum atomic E-state index is 5.55. The molecule has 2 aliphatic rings. The van der Waals surface area contributed by atoms with Gasteiger partial charge in [-0.25, -0.2) is 20.0 Å². The van der Waals surface area contributed by atoms with Gasteiger partial charge < -0.3 is 5.32 Å². The molecule has 0 saturated carbocycles. The van der Waals surface area contributed by atoms with Gasteiger partial charge in [-0.15, -0.1) is 0 Å². The number of aryl methyl sites for hydroxylation is 2. The van der Waals surface area contributed by atoms with Crippen molar-refractivity contribution in [3.8, 4) is 22.5 Å². The highest BCUT2D eigenvalue weighted by atomic mass is 15.3. The van der Waals surface area contributed by atoms with Crippen LogP contribution in [0.4, 0.5) is 28.7 Å². The van der Waals surface area contributed by atoms with Crippen molar-refractivity contribution in [2.45, 2.75) is 20.0 Å². The molecule has 7 nitrogen and oxygen atoms in total. The molecule has 1 atom stereocenters. The fourth-order valence-corrected chi connectivity index (χ4v) is 8.96. The maximum Gasteiger partial charge on any atom is 0.163 e. The van der Waals surface area contributed by atoms with E-state index in [0.29, 0.717) is 11.7 Å². The van der Waals surface area contributed by atoms with E-state index in [0.717, 1.165) is 101 Å². The maximum absolute atomic E-state index is 5.55. The first-order chi connectivity index (χ1) is 33.4. The Bertz CT molecular complexity index is 3350. The van der Waals surface area contributed by atoms with Crippen LogP contribution in [0.3, 0.4) is 0 Å². The summed E-state index contributed by atoms with van der Waals surface area (Å²) in [6.07, 6.45) is 1.86. The molecule has 1 unspecified atom stereocenters. The number of allylic oxidation sites excluding steroid dienone is 2. The number of hydrogen-bond acceptors (Lipinski definition) is 7. The van der Waals surface area contributed by atoms with Crippen molar-refractivity contribution in [2.75, 3.05) is 9.80 Å². The molecule has 0 fully saturated rings. The van der Waals surface area contributed by atoms with Crippen molar-refractivity contribution in [1.82, 2.24) is 15.3 Å². The van der Waals surface area contributed by atoms with E-state index in [9.17, 15) is 0 Å². The van der Waals surface area contributed by atoms with Crippen molar-refractivity contribution >= 4 is 51.6 Å². The highest BCUT2D eigenvalue weighted by molar-refractivity contribution is 6.13. The van der Waals surface area contributed by atoms with Crippen LogP contribution in [0.25, 0.3) is 33.8 Å². The molecule has 0 saturated heterocycles. The average molecular weight is 878 g/mol. The summed E-state index contributed by atoms with van der Waals surface area (Å²) >= 11 is 0. The van der Waals surface area contributed by atoms with Crippen LogP contribution in [0.15, 0.2) is 241 Å². The Labute approximate surface area is 397 Å². The van der Waals surface area contributed by atoms with Crippen LogP contribution >= 0.6 is 0 Å². The van der Waals surface area contributed by atoms with Crippen LogP contribution in [-0.2, 0) is 0 Å². The van der Waals surface area contributed by atoms with E-state index in [2.05, 4.69) is 193 Å². The first kappa shape index (κ1) is 41.7. The minimum Gasteiger partial charge on any atom is -0.344 e. The summed E-state index contributed by atoms with van der Waals surface area (Å²) < 4.78 is 0. The summed E-state index contributed by atoms with van der Waals surface area (Å²) in [5.74, 6) is 3.45. The van der Waals surface area contributed by atoms with E-state index in [-0.39, 0.29) is 6.17 Å². The molecule has 68 heavy (non-hydrogen) atoms. The summed E-state index contributed by atoms with van der Waals surface area (Å²) in [5, 5.41) is 3.65. The molecular formula is C61H47N7. The first-order valence-electron chi connectivity index (χ1n) is 22.9. The zero-order valence-electron chi connectivity index (χ0n) is 37.8. The molecule has 7 heteroatoms. The number of fused-ring (bicyclic) bond motifs is 1. The second-order valence-electron chi connectivity index (χ2n) is 17.1. The second kappa shape index (κ2) is 18.1. The summed E-state index contributed by atoms with van der Waals surface area (Å²) in [5.41, 5.74) is 14.8. The normalized spacial score (nSPS) is 14.3. The van der Waals surface area contributed by atoms with Gasteiger partial charge in [0.2, 0.25) is 0 Å². The van der Waals surface area contributed by atoms with Crippen molar-refractivity contribution in [1.29, 1.82) is 0 Å². The smallest absolute Gasteiger partial charge is 0.163 e. The molecule has 0 aliphatic carbocycles. The Balaban J connectivity index is 1.12. The van der Waals surface area contributed by atoms with Gasteiger partial charge in [0, 0.05) is 33.8 Å². The van der Waals surface area contributed by atoms with Crippen LogP contribution in [0.2, 0.25) is 0 Å². The molecule has 11 rings (SSSR count). The zero-order chi connectivity index (χ0) is 46.0. The van der Waals surface area contributed by atoms with E-state index >= 15 is 0 Å². The lowest BCUT2D eigenvalue weighted by Crippen LogP contribution is -2.33. The molecule has 1 aromatic heterocycles. The number of nitrogens with one attached hydrogen (secondary N) is 1. The third-order valence-corrected chi connectivity index (χ3v) is 12.3. The molecular weight excluding hydrogens is 831 g/mol. The number of rotatable bonds is 10. The largest absolute Gasteiger partial charge is 0.344 e. The Hall–Kier alpha value is -8.94. The van der Waals surface area contributed by atoms with Crippen LogP contribution < -0.4 is 15.1 Å². The van der Waals surface area contributed by atoms with Crippen LogP contribution in [-0.4, -0.2) is 21.6 Å². The number of benzene rings is 8. The van der Waals surface area contributed by atoms with E-state index in [1.807, 2.05) is 60.7 Å². The molecule has 0 radical (unpaired) electrons. The molecule has 0 spiro atoms. The second-order valence-corrected chi connectivity index (χ2v) is 17.1. The van der Waals surface area contributed by atoms with Gasteiger partial charge in [0.25, 0.3) is 0 Å². The zero-order valence-corrected chi connectivity index (χ0v) is 37.8. The Morgan fingerprint density at radius 3 is 1.71 bits per heavy atom. The number of hydrogen-bond donors (Lipinski definition) is 1. The molecule has 1 N–H and O–H groups in total. The van der Waals surface area contributed by atoms with E-state index in [1.165, 1.54) is 0 Å². The minimum absolute atomic E-state index is 0.318. The molecule has 9 aromatic rings. The monoisotopic (exact) mass is 877 g/mol. The fraction of sp³-hybridized carbons (Fsp3) is 0.0492. The highest BCUT2D eigenvalue weighted by Gasteiger charge is 2.33. The first-order valence-corrected chi connectivity index (χ1v) is 22.9. The molecule has 8 aromatic carbocycles. The third kappa shape index (κ3) is 8.29. The lowest BCUT2D eigenvalue weighted by Gasteiger charge is -2.36. The lowest BCUT2D eigenvalue weighted by atomic mass is 9.94. The molecule has 326 valence electrons. The predicted molar refractivity (Wildman–Crippen MR) is 281 cm³/mol. The number of aliphatic imine (C=N–C) groups is 2. The van der Waals surface area contributed by atoms with Crippen LogP contribution in [0, 0.1) is 13.8 Å². The Morgan fingerprint density at radius 2 is 1.07 bits per heavy atom. The third-order valence-electron chi connectivity index (χ3n) is 12.3. The summed E-state index contributed by atoms with van der Waals surface area (Å²) in [6.45, 7) is 9.05. The van der Waals surface area contributed by atoms with Crippen LogP contribution in [0.5, 0.6) is 0 Å².